The fourth-order valence-corrected chi connectivity index (χ4v) is 2.22. The second-order valence-electron chi connectivity index (χ2n) is 4.52. The lowest BCUT2D eigenvalue weighted by Crippen LogP contribution is -2.28. The Morgan fingerprint density at radius 1 is 1.14 bits per heavy atom. The second-order valence-corrected chi connectivity index (χ2v) is 5.37. The van der Waals surface area contributed by atoms with Crippen LogP contribution in [-0.4, -0.2) is 12.0 Å². The smallest absolute Gasteiger partial charge is 0.319 e. The number of benzene rings is 2. The third kappa shape index (κ3) is 4.89. The monoisotopic (exact) mass is 362 g/mol. The average molecular weight is 363 g/mol. The molecule has 0 radical (unpaired) electrons. The zero-order valence-corrected chi connectivity index (χ0v) is 13.5. The zero-order chi connectivity index (χ0) is 15.9. The number of amides is 2. The van der Waals surface area contributed by atoms with Crippen LogP contribution in [0.3, 0.4) is 0 Å². The molecule has 0 unspecified atom stereocenters. The lowest BCUT2D eigenvalue weighted by molar-refractivity contribution is -0.131. The van der Waals surface area contributed by atoms with Crippen LogP contribution in [0, 0.1) is 0 Å². The van der Waals surface area contributed by atoms with E-state index in [0.717, 1.165) is 10.0 Å². The number of carbonyl (C=O) groups is 2. The van der Waals surface area contributed by atoms with Crippen molar-refractivity contribution in [1.82, 2.24) is 5.32 Å². The number of hydrogen-bond donors (Lipinski definition) is 2. The maximum Gasteiger partial charge on any atom is 0.319 e. The van der Waals surface area contributed by atoms with Gasteiger partial charge in [0.15, 0.2) is 0 Å². The third-order valence-corrected chi connectivity index (χ3v) is 3.52. The quantitative estimate of drug-likeness (QED) is 0.643. The fourth-order valence-electron chi connectivity index (χ4n) is 1.80. The van der Waals surface area contributed by atoms with Gasteiger partial charge in [0.05, 0.1) is 0 Å². The van der Waals surface area contributed by atoms with Crippen LogP contribution in [0.4, 0.5) is 10.5 Å². The highest BCUT2D eigenvalue weighted by Gasteiger charge is 2.05. The lowest BCUT2D eigenvalue weighted by Gasteiger charge is -2.09. The summed E-state index contributed by atoms with van der Waals surface area (Å²) in [6.07, 6.45) is 0. The van der Waals surface area contributed by atoms with Crippen LogP contribution in [0.2, 0.25) is 0 Å². The predicted molar refractivity (Wildman–Crippen MR) is 87.8 cm³/mol. The molecule has 2 aromatic carbocycles. The van der Waals surface area contributed by atoms with E-state index in [1.165, 1.54) is 6.92 Å². The summed E-state index contributed by atoms with van der Waals surface area (Å²) in [5.74, 6) is -0.0216. The Morgan fingerprint density at radius 2 is 1.91 bits per heavy atom. The van der Waals surface area contributed by atoms with Gasteiger partial charge in [-0.15, -0.1) is 0 Å². The van der Waals surface area contributed by atoms with Crippen LogP contribution in [0.15, 0.2) is 53.0 Å². The first-order valence-corrected chi connectivity index (χ1v) is 7.40. The van der Waals surface area contributed by atoms with Gasteiger partial charge in [0, 0.05) is 29.7 Å². The van der Waals surface area contributed by atoms with Crippen molar-refractivity contribution < 1.29 is 14.3 Å². The lowest BCUT2D eigenvalue weighted by atomic mass is 10.2. The number of ether oxygens (including phenoxy) is 1. The molecule has 0 heterocycles. The molecular weight excluding hydrogens is 348 g/mol. The molecule has 0 saturated carbocycles. The molecule has 5 nitrogen and oxygen atoms in total. The van der Waals surface area contributed by atoms with E-state index < -0.39 is 5.97 Å². The van der Waals surface area contributed by atoms with Crippen LogP contribution < -0.4 is 15.4 Å². The van der Waals surface area contributed by atoms with Gasteiger partial charge in [-0.05, 0) is 23.8 Å². The number of esters is 1. The van der Waals surface area contributed by atoms with E-state index in [4.69, 9.17) is 4.74 Å². The largest absolute Gasteiger partial charge is 0.427 e. The summed E-state index contributed by atoms with van der Waals surface area (Å²) >= 11 is 3.43. The zero-order valence-electron chi connectivity index (χ0n) is 11.9. The average Bonchev–Trinajstić information content (AvgIpc) is 2.46. The Balaban J connectivity index is 1.92. The van der Waals surface area contributed by atoms with Gasteiger partial charge in [0.1, 0.15) is 5.75 Å². The van der Waals surface area contributed by atoms with E-state index in [2.05, 4.69) is 26.6 Å². The molecule has 0 aromatic heterocycles. The summed E-state index contributed by atoms with van der Waals surface area (Å²) < 4.78 is 5.90. The van der Waals surface area contributed by atoms with Crippen LogP contribution in [0.5, 0.6) is 5.75 Å². The standard InChI is InChI=1S/C16H15BrN2O3/c1-11(20)22-14-7-4-6-13(9-14)19-16(21)18-10-12-5-2-3-8-15(12)17/h2-9H,10H2,1H3,(H2,18,19,21). The van der Waals surface area contributed by atoms with Gasteiger partial charge in [-0.25, -0.2) is 4.79 Å². The molecule has 0 bridgehead atoms. The Kier molecular flexibility index (Phi) is 5.55. The molecule has 2 aromatic rings. The summed E-state index contributed by atoms with van der Waals surface area (Å²) in [6, 6.07) is 14.0. The van der Waals surface area contributed by atoms with Gasteiger partial charge in [0.2, 0.25) is 0 Å². The molecule has 6 heteroatoms. The summed E-state index contributed by atoms with van der Waals surface area (Å²) in [5, 5.41) is 5.45. The molecule has 0 aliphatic heterocycles. The van der Waals surface area contributed by atoms with Crippen molar-refractivity contribution in [1.29, 1.82) is 0 Å². The van der Waals surface area contributed by atoms with Crippen molar-refractivity contribution in [2.45, 2.75) is 13.5 Å². The predicted octanol–water partition coefficient (Wildman–Crippen LogP) is 3.70. The SMILES string of the molecule is CC(=O)Oc1cccc(NC(=O)NCc2ccccc2Br)c1. The first kappa shape index (κ1) is 16.0. The minimum Gasteiger partial charge on any atom is -0.427 e. The minimum absolute atomic E-state index is 0.337. The van der Waals surface area contributed by atoms with Gasteiger partial charge >= 0.3 is 12.0 Å². The number of nitrogens with one attached hydrogen (secondary N) is 2. The number of carbonyl (C=O) groups excluding carboxylic acids is 2. The highest BCUT2D eigenvalue weighted by molar-refractivity contribution is 9.10. The topological polar surface area (TPSA) is 67.4 Å². The first-order chi connectivity index (χ1) is 10.5. The summed E-state index contributed by atoms with van der Waals surface area (Å²) in [7, 11) is 0. The maximum absolute atomic E-state index is 11.9. The normalized spacial score (nSPS) is 9.91. The Bertz CT molecular complexity index is 689. The van der Waals surface area contributed by atoms with E-state index in [1.807, 2.05) is 24.3 Å². The Hall–Kier alpha value is -2.34. The summed E-state index contributed by atoms with van der Waals surface area (Å²) in [6.45, 7) is 1.72. The van der Waals surface area contributed by atoms with E-state index in [9.17, 15) is 9.59 Å². The molecule has 0 aliphatic carbocycles. The molecule has 2 rings (SSSR count). The van der Waals surface area contributed by atoms with E-state index in [-0.39, 0.29) is 6.03 Å². The molecule has 2 amide bonds. The van der Waals surface area contributed by atoms with Crippen molar-refractivity contribution in [2.24, 2.45) is 0 Å². The fraction of sp³-hybridized carbons (Fsp3) is 0.125. The third-order valence-electron chi connectivity index (χ3n) is 2.75. The van der Waals surface area contributed by atoms with Gasteiger partial charge < -0.3 is 15.4 Å². The van der Waals surface area contributed by atoms with Crippen molar-refractivity contribution in [2.75, 3.05) is 5.32 Å². The van der Waals surface area contributed by atoms with Gasteiger partial charge in [0.25, 0.3) is 0 Å². The number of urea groups is 1. The number of halogens is 1. The molecule has 0 saturated heterocycles. The van der Waals surface area contributed by atoms with E-state index >= 15 is 0 Å². The van der Waals surface area contributed by atoms with Crippen molar-refractivity contribution in [3.8, 4) is 5.75 Å². The van der Waals surface area contributed by atoms with E-state index in [0.29, 0.717) is 18.0 Å². The molecule has 0 fully saturated rings. The van der Waals surface area contributed by atoms with Crippen molar-refractivity contribution in [3.63, 3.8) is 0 Å². The molecule has 0 aliphatic rings. The van der Waals surface area contributed by atoms with E-state index in [1.54, 1.807) is 24.3 Å². The molecule has 22 heavy (non-hydrogen) atoms. The van der Waals surface area contributed by atoms with Crippen LogP contribution in [-0.2, 0) is 11.3 Å². The van der Waals surface area contributed by atoms with Gasteiger partial charge in [-0.1, -0.05) is 40.2 Å². The van der Waals surface area contributed by atoms with Crippen molar-refractivity contribution in [3.05, 3.63) is 58.6 Å². The number of anilines is 1. The number of rotatable bonds is 4. The molecule has 2 N–H and O–H groups in total. The van der Waals surface area contributed by atoms with Crippen molar-refractivity contribution >= 4 is 33.6 Å². The second kappa shape index (κ2) is 7.61. The first-order valence-electron chi connectivity index (χ1n) is 6.61. The van der Waals surface area contributed by atoms with Crippen LogP contribution >= 0.6 is 15.9 Å². The summed E-state index contributed by atoms with van der Waals surface area (Å²) in [5.41, 5.74) is 1.52. The Labute approximate surface area is 136 Å². The van der Waals surface area contributed by atoms with Gasteiger partial charge in [-0.2, -0.15) is 0 Å². The molecular formula is C16H15BrN2O3. The summed E-state index contributed by atoms with van der Waals surface area (Å²) in [4.78, 5) is 22.8. The van der Waals surface area contributed by atoms with Crippen LogP contribution in [0.1, 0.15) is 12.5 Å². The maximum atomic E-state index is 11.9. The molecule has 0 atom stereocenters. The highest BCUT2D eigenvalue weighted by atomic mass is 79.9. The number of hydrogen-bond acceptors (Lipinski definition) is 3. The molecule has 0 spiro atoms. The Morgan fingerprint density at radius 3 is 2.64 bits per heavy atom. The van der Waals surface area contributed by atoms with Gasteiger partial charge in [-0.3, -0.25) is 4.79 Å². The van der Waals surface area contributed by atoms with Crippen LogP contribution in [0.25, 0.3) is 0 Å². The minimum atomic E-state index is -0.407. The highest BCUT2D eigenvalue weighted by Crippen LogP contribution is 2.18. The molecule has 114 valence electrons.